The van der Waals surface area contributed by atoms with Crippen LogP contribution in [0.2, 0.25) is 0 Å². The van der Waals surface area contributed by atoms with Crippen molar-refractivity contribution in [3.05, 3.63) is 12.7 Å². The monoisotopic (exact) mass is 484 g/mol. The van der Waals surface area contributed by atoms with E-state index in [1.54, 1.807) is 14.2 Å². The van der Waals surface area contributed by atoms with E-state index in [9.17, 15) is 0 Å². The summed E-state index contributed by atoms with van der Waals surface area (Å²) in [6, 6.07) is 0. The molecule has 1 rings (SSSR count). The van der Waals surface area contributed by atoms with Gasteiger partial charge in [-0.2, -0.15) is 0 Å². The first kappa shape index (κ1) is 22.1. The molecule has 0 spiro atoms. The van der Waals surface area contributed by atoms with Crippen LogP contribution in [0.25, 0.3) is 0 Å². The number of ether oxygens (including phenoxy) is 2. The molecule has 0 aromatic heterocycles. The third-order valence-electron chi connectivity index (χ3n) is 2.32. The molecule has 4 nitrogen and oxygen atoms in total. The normalized spacial score (nSPS) is 22.5. The van der Waals surface area contributed by atoms with Gasteiger partial charge in [-0.05, 0) is 6.92 Å². The molecule has 1 aliphatic rings. The first-order valence-corrected chi connectivity index (χ1v) is 12.8. The molecule has 0 aliphatic carbocycles. The topological polar surface area (TPSA) is 58.9 Å². The van der Waals surface area contributed by atoms with Crippen molar-refractivity contribution in [2.24, 2.45) is 5.92 Å². The standard InChI is InChI=1S/C8H14OS.C3H8O2.C2H6O.Tl/c1-2-3-8-7(6-10)4-5-9-8;1-3(5)2-4;1-3-2;/h2,7-8,10H,1,3-6H2;3-5H,2H2,1H3;1-2H3;/q;;;+1/p-1/t7?,8-;;;/m0.../s1. The molecular formula is C13H27O4STl. The maximum Gasteiger partial charge on any atom is 0.0742 e. The van der Waals surface area contributed by atoms with Gasteiger partial charge in [-0.3, -0.25) is 0 Å². The Hall–Kier alpha value is 0.852. The molecule has 6 heteroatoms. The molecule has 0 radical (unpaired) electrons. The molecule has 3 atom stereocenters. The van der Waals surface area contributed by atoms with Crippen molar-refractivity contribution in [2.45, 2.75) is 32.0 Å². The van der Waals surface area contributed by atoms with Crippen LogP contribution in [-0.4, -0.2) is 79.9 Å². The van der Waals surface area contributed by atoms with Crippen LogP contribution < -0.4 is 0 Å². The molecule has 0 saturated carbocycles. The molecule has 1 saturated heterocycles. The van der Waals surface area contributed by atoms with Gasteiger partial charge in [0, 0.05) is 14.2 Å². The van der Waals surface area contributed by atoms with Crippen LogP contribution in [-0.2, 0) is 9.47 Å². The molecule has 0 aromatic rings. The molecule has 2 unspecified atom stereocenters. The second kappa shape index (κ2) is 16.9. The molecule has 0 bridgehead atoms. The predicted octanol–water partition coefficient (Wildman–Crippen LogP) is 1.41. The van der Waals surface area contributed by atoms with Gasteiger partial charge < -0.3 is 14.9 Å². The van der Waals surface area contributed by atoms with E-state index in [1.165, 1.54) is 19.1 Å². The summed E-state index contributed by atoms with van der Waals surface area (Å²) in [5.41, 5.74) is 0. The van der Waals surface area contributed by atoms with Crippen molar-refractivity contribution in [1.29, 1.82) is 0 Å². The maximum absolute atomic E-state index is 8.11. The quantitative estimate of drug-likeness (QED) is 0.457. The SMILES string of the molecule is C=CC[C@@H]1OCCC1C[S][Tl].CC(O)CO.COC. The number of hydrogen-bond donors (Lipinski definition) is 2. The second-order valence-corrected chi connectivity index (χ2v) is 8.81. The summed E-state index contributed by atoms with van der Waals surface area (Å²) in [5, 5.41) is 16.0. The van der Waals surface area contributed by atoms with Crippen LogP contribution in [0.1, 0.15) is 19.8 Å². The van der Waals surface area contributed by atoms with Gasteiger partial charge in [0.1, 0.15) is 0 Å². The first-order valence-electron chi connectivity index (χ1n) is 6.30. The Balaban J connectivity index is 0. The zero-order valence-electron chi connectivity index (χ0n) is 12.2. The fraction of sp³-hybridized carbons (Fsp3) is 0.846. The van der Waals surface area contributed by atoms with Gasteiger partial charge in [-0.15, -0.1) is 0 Å². The second-order valence-electron chi connectivity index (χ2n) is 4.26. The summed E-state index contributed by atoms with van der Waals surface area (Å²) in [4.78, 5) is 0. The van der Waals surface area contributed by atoms with Crippen molar-refractivity contribution >= 4 is 32.6 Å². The summed E-state index contributed by atoms with van der Waals surface area (Å²) in [6.07, 6.45) is 4.20. The zero-order valence-corrected chi connectivity index (χ0v) is 17.6. The molecule has 112 valence electrons. The largest absolute Gasteiger partial charge is 0.394 e. The summed E-state index contributed by atoms with van der Waals surface area (Å²) >= 11 is 1.07. The maximum atomic E-state index is 8.11. The van der Waals surface area contributed by atoms with E-state index in [0.717, 1.165) is 43.2 Å². The number of methoxy groups -OCH3 is 1. The van der Waals surface area contributed by atoms with E-state index in [4.69, 9.17) is 14.9 Å². The summed E-state index contributed by atoms with van der Waals surface area (Å²) in [6.45, 7) is 6.10. The summed E-state index contributed by atoms with van der Waals surface area (Å²) in [5.74, 6) is 2.12. The van der Waals surface area contributed by atoms with E-state index in [2.05, 4.69) is 19.6 Å². The number of rotatable bonds is 5. The summed E-state index contributed by atoms with van der Waals surface area (Å²) in [7, 11) is 5.33. The van der Waals surface area contributed by atoms with Gasteiger partial charge in [0.05, 0.1) is 12.7 Å². The Morgan fingerprint density at radius 3 is 2.47 bits per heavy atom. The smallest absolute Gasteiger partial charge is 0.0742 e. The van der Waals surface area contributed by atoms with Gasteiger partial charge in [0.15, 0.2) is 0 Å². The molecular weight excluding hydrogens is 457 g/mol. The van der Waals surface area contributed by atoms with Crippen molar-refractivity contribution in [3.63, 3.8) is 0 Å². The van der Waals surface area contributed by atoms with Crippen LogP contribution in [0, 0.1) is 5.92 Å². The zero-order chi connectivity index (χ0) is 15.1. The van der Waals surface area contributed by atoms with Gasteiger partial charge in [0.25, 0.3) is 0 Å². The van der Waals surface area contributed by atoms with Gasteiger partial charge in [0.2, 0.25) is 0 Å². The Bertz CT molecular complexity index is 193. The minimum absolute atomic E-state index is 0.139. The Morgan fingerprint density at radius 2 is 2.11 bits per heavy atom. The van der Waals surface area contributed by atoms with Crippen LogP contribution in [0.4, 0.5) is 0 Å². The fourth-order valence-electron chi connectivity index (χ4n) is 1.43. The third kappa shape index (κ3) is 15.1. The van der Waals surface area contributed by atoms with Gasteiger partial charge in [-0.1, -0.05) is 0 Å². The van der Waals surface area contributed by atoms with E-state index < -0.39 is 6.10 Å². The summed E-state index contributed by atoms with van der Waals surface area (Å²) < 4.78 is 9.84. The number of hydrogen-bond acceptors (Lipinski definition) is 5. The van der Waals surface area contributed by atoms with Crippen LogP contribution in [0.3, 0.4) is 0 Å². The Kier molecular flexibility index (Phi) is 19.7. The van der Waals surface area contributed by atoms with Crippen LogP contribution >= 0.6 is 8.31 Å². The molecule has 1 fully saturated rings. The van der Waals surface area contributed by atoms with Crippen molar-refractivity contribution in [3.8, 4) is 0 Å². The molecule has 0 aromatic carbocycles. The molecule has 2 N–H and O–H groups in total. The van der Waals surface area contributed by atoms with Crippen LogP contribution in [0.5, 0.6) is 0 Å². The molecule has 1 aliphatic heterocycles. The number of aliphatic hydroxyl groups is 2. The molecule has 1 heterocycles. The first-order chi connectivity index (χ1) is 9.06. The average Bonchev–Trinajstić information content (AvgIpc) is 2.80. The van der Waals surface area contributed by atoms with Gasteiger partial charge >= 0.3 is 87.2 Å². The van der Waals surface area contributed by atoms with E-state index in [-0.39, 0.29) is 6.61 Å². The fourth-order valence-corrected chi connectivity index (χ4v) is 4.94. The minimum atomic E-state index is -0.560. The minimum Gasteiger partial charge on any atom is -0.394 e. The van der Waals surface area contributed by atoms with Crippen LogP contribution in [0.15, 0.2) is 12.7 Å². The van der Waals surface area contributed by atoms with E-state index in [1.807, 2.05) is 6.08 Å². The van der Waals surface area contributed by atoms with E-state index in [0.29, 0.717) is 6.10 Å². The van der Waals surface area contributed by atoms with E-state index >= 15 is 0 Å². The Labute approximate surface area is 135 Å². The number of aliphatic hydroxyl groups excluding tert-OH is 2. The average molecular weight is 484 g/mol. The Morgan fingerprint density at radius 1 is 1.58 bits per heavy atom. The van der Waals surface area contributed by atoms with Crippen molar-refractivity contribution < 1.29 is 19.7 Å². The van der Waals surface area contributed by atoms with Crippen molar-refractivity contribution in [1.82, 2.24) is 0 Å². The third-order valence-corrected chi connectivity index (χ3v) is 5.18. The van der Waals surface area contributed by atoms with Gasteiger partial charge in [-0.25, -0.2) is 0 Å². The molecule has 19 heavy (non-hydrogen) atoms. The predicted molar refractivity (Wildman–Crippen MR) is 82.6 cm³/mol. The van der Waals surface area contributed by atoms with Crippen molar-refractivity contribution in [2.75, 3.05) is 33.2 Å². The molecule has 0 amide bonds.